The van der Waals surface area contributed by atoms with Crippen LogP contribution in [0.5, 0.6) is 0 Å². The first-order valence-corrected chi connectivity index (χ1v) is 7.96. The maximum absolute atomic E-state index is 11.5. The Kier molecular flexibility index (Phi) is 4.11. The van der Waals surface area contributed by atoms with Gasteiger partial charge >= 0.3 is 0 Å². The molecule has 0 fully saturated rings. The maximum Gasteiger partial charge on any atom is 0.271 e. The van der Waals surface area contributed by atoms with Gasteiger partial charge in [-0.2, -0.15) is 0 Å². The first-order chi connectivity index (χ1) is 10.6. The molecule has 22 heavy (non-hydrogen) atoms. The first-order valence-electron chi connectivity index (χ1n) is 7.17. The van der Waals surface area contributed by atoms with E-state index >= 15 is 0 Å². The summed E-state index contributed by atoms with van der Waals surface area (Å²) >= 11 is 3.65. The molecule has 2 heterocycles. The number of carbonyl (C=O) groups is 1. The SMILES string of the molecule is CNC(=O)c1ccc(N2CCc3c(Br)cc(C)cc3C2)nn1. The standard InChI is InChI=1S/C16H17BrN4O/c1-10-7-11-9-21(6-5-12(11)13(17)8-10)15-4-3-14(19-20-15)16(22)18-2/h3-4,7-8H,5-6,9H2,1-2H3,(H,18,22). The van der Waals surface area contributed by atoms with Crippen molar-refractivity contribution in [1.29, 1.82) is 0 Å². The molecule has 0 bridgehead atoms. The fourth-order valence-corrected chi connectivity index (χ4v) is 3.55. The quantitative estimate of drug-likeness (QED) is 0.893. The Bertz CT molecular complexity index is 715. The predicted octanol–water partition coefficient (Wildman–Crippen LogP) is 2.47. The molecule has 1 aliphatic heterocycles. The third-order valence-corrected chi connectivity index (χ3v) is 4.57. The molecule has 3 rings (SSSR count). The highest BCUT2D eigenvalue weighted by Crippen LogP contribution is 2.29. The lowest BCUT2D eigenvalue weighted by Gasteiger charge is -2.30. The van der Waals surface area contributed by atoms with E-state index < -0.39 is 0 Å². The van der Waals surface area contributed by atoms with Crippen LogP contribution in [0.1, 0.15) is 27.2 Å². The van der Waals surface area contributed by atoms with Crippen molar-refractivity contribution in [1.82, 2.24) is 15.5 Å². The Balaban J connectivity index is 1.84. The summed E-state index contributed by atoms with van der Waals surface area (Å²) in [5.74, 6) is 0.582. The average Bonchev–Trinajstić information content (AvgIpc) is 2.53. The summed E-state index contributed by atoms with van der Waals surface area (Å²) in [6, 6.07) is 7.95. The lowest BCUT2D eigenvalue weighted by atomic mass is 9.98. The first kappa shape index (κ1) is 15.0. The molecule has 0 spiro atoms. The van der Waals surface area contributed by atoms with E-state index in [9.17, 15) is 4.79 Å². The van der Waals surface area contributed by atoms with Crippen LogP contribution in [0.25, 0.3) is 0 Å². The Labute approximate surface area is 137 Å². The summed E-state index contributed by atoms with van der Waals surface area (Å²) in [5.41, 5.74) is 4.27. The van der Waals surface area contributed by atoms with Gasteiger partial charge in [0.05, 0.1) is 0 Å². The number of carbonyl (C=O) groups excluding carboxylic acids is 1. The van der Waals surface area contributed by atoms with Crippen molar-refractivity contribution in [2.24, 2.45) is 0 Å². The molecule has 6 heteroatoms. The molecular formula is C16H17BrN4O. The number of hydrogen-bond donors (Lipinski definition) is 1. The van der Waals surface area contributed by atoms with E-state index in [-0.39, 0.29) is 5.91 Å². The van der Waals surface area contributed by atoms with Crippen LogP contribution in [0.2, 0.25) is 0 Å². The number of rotatable bonds is 2. The lowest BCUT2D eigenvalue weighted by molar-refractivity contribution is 0.0957. The van der Waals surface area contributed by atoms with Crippen molar-refractivity contribution in [3.63, 3.8) is 0 Å². The second kappa shape index (κ2) is 6.04. The second-order valence-electron chi connectivity index (χ2n) is 5.41. The normalized spacial score (nSPS) is 13.7. The maximum atomic E-state index is 11.5. The van der Waals surface area contributed by atoms with Crippen LogP contribution in [-0.2, 0) is 13.0 Å². The molecule has 0 unspecified atom stereocenters. The molecule has 0 aliphatic carbocycles. The molecule has 0 saturated carbocycles. The highest BCUT2D eigenvalue weighted by Gasteiger charge is 2.20. The highest BCUT2D eigenvalue weighted by atomic mass is 79.9. The number of halogens is 1. The van der Waals surface area contributed by atoms with Crippen molar-refractivity contribution >= 4 is 27.7 Å². The topological polar surface area (TPSA) is 58.1 Å². The minimum Gasteiger partial charge on any atom is -0.354 e. The van der Waals surface area contributed by atoms with Crippen LogP contribution < -0.4 is 10.2 Å². The van der Waals surface area contributed by atoms with Gasteiger partial charge in [-0.25, -0.2) is 0 Å². The Morgan fingerprint density at radius 1 is 1.32 bits per heavy atom. The molecule has 1 amide bonds. The number of nitrogens with zero attached hydrogens (tertiary/aromatic N) is 3. The summed E-state index contributed by atoms with van der Waals surface area (Å²) in [7, 11) is 1.58. The van der Waals surface area contributed by atoms with Crippen LogP contribution in [0.3, 0.4) is 0 Å². The number of fused-ring (bicyclic) bond motifs is 1. The Morgan fingerprint density at radius 2 is 2.14 bits per heavy atom. The third-order valence-electron chi connectivity index (χ3n) is 3.86. The van der Waals surface area contributed by atoms with E-state index in [1.165, 1.54) is 21.2 Å². The smallest absolute Gasteiger partial charge is 0.271 e. The predicted molar refractivity (Wildman–Crippen MR) is 89.1 cm³/mol. The van der Waals surface area contributed by atoms with Gasteiger partial charge in [-0.1, -0.05) is 22.0 Å². The number of anilines is 1. The number of hydrogen-bond acceptors (Lipinski definition) is 4. The summed E-state index contributed by atoms with van der Waals surface area (Å²) in [5, 5.41) is 10.7. The fourth-order valence-electron chi connectivity index (χ4n) is 2.74. The van der Waals surface area contributed by atoms with Crippen LogP contribution in [0, 0.1) is 6.92 Å². The van der Waals surface area contributed by atoms with Gasteiger partial charge in [0.1, 0.15) is 0 Å². The van der Waals surface area contributed by atoms with Gasteiger partial charge in [-0.3, -0.25) is 4.79 Å². The van der Waals surface area contributed by atoms with E-state index in [4.69, 9.17) is 0 Å². The van der Waals surface area contributed by atoms with E-state index in [0.717, 1.165) is 25.3 Å². The molecule has 1 aromatic heterocycles. The van der Waals surface area contributed by atoms with Crippen LogP contribution in [0.4, 0.5) is 5.82 Å². The number of nitrogens with one attached hydrogen (secondary N) is 1. The zero-order valence-corrected chi connectivity index (χ0v) is 14.1. The van der Waals surface area contributed by atoms with Gasteiger partial charge in [-0.15, -0.1) is 10.2 Å². The zero-order chi connectivity index (χ0) is 15.7. The van der Waals surface area contributed by atoms with E-state index in [1.54, 1.807) is 13.1 Å². The summed E-state index contributed by atoms with van der Waals surface area (Å²) in [4.78, 5) is 13.7. The van der Waals surface area contributed by atoms with Gasteiger partial charge < -0.3 is 10.2 Å². The van der Waals surface area contributed by atoms with Crippen molar-refractivity contribution in [3.05, 3.63) is 51.1 Å². The summed E-state index contributed by atoms with van der Waals surface area (Å²) in [6.45, 7) is 3.80. The monoisotopic (exact) mass is 360 g/mol. The van der Waals surface area contributed by atoms with Gasteiger partial charge in [0, 0.05) is 24.6 Å². The number of benzene rings is 1. The van der Waals surface area contributed by atoms with E-state index in [0.29, 0.717) is 5.69 Å². The molecule has 1 aliphatic rings. The number of aromatic nitrogens is 2. The second-order valence-corrected chi connectivity index (χ2v) is 6.27. The lowest BCUT2D eigenvalue weighted by Crippen LogP contribution is -2.31. The fraction of sp³-hybridized carbons (Fsp3) is 0.312. The molecule has 0 saturated heterocycles. The molecule has 1 N–H and O–H groups in total. The number of aryl methyl sites for hydroxylation is 1. The molecule has 0 atom stereocenters. The summed E-state index contributed by atoms with van der Waals surface area (Å²) in [6.07, 6.45) is 0.967. The Hall–Kier alpha value is -1.95. The van der Waals surface area contributed by atoms with Crippen molar-refractivity contribution in [2.45, 2.75) is 19.9 Å². The molecule has 2 aromatic rings. The van der Waals surface area contributed by atoms with Crippen LogP contribution >= 0.6 is 15.9 Å². The minimum absolute atomic E-state index is 0.220. The Morgan fingerprint density at radius 3 is 2.82 bits per heavy atom. The zero-order valence-electron chi connectivity index (χ0n) is 12.6. The van der Waals surface area contributed by atoms with Gasteiger partial charge in [-0.05, 0) is 48.2 Å². The van der Waals surface area contributed by atoms with Crippen LogP contribution in [-0.4, -0.2) is 29.7 Å². The third kappa shape index (κ3) is 2.83. The van der Waals surface area contributed by atoms with Crippen LogP contribution in [0.15, 0.2) is 28.7 Å². The van der Waals surface area contributed by atoms with Crippen molar-refractivity contribution in [2.75, 3.05) is 18.5 Å². The highest BCUT2D eigenvalue weighted by molar-refractivity contribution is 9.10. The van der Waals surface area contributed by atoms with Gasteiger partial charge in [0.2, 0.25) is 0 Å². The van der Waals surface area contributed by atoms with E-state index in [1.807, 2.05) is 6.07 Å². The van der Waals surface area contributed by atoms with Gasteiger partial charge in [0.15, 0.2) is 11.5 Å². The molecular weight excluding hydrogens is 344 g/mol. The largest absolute Gasteiger partial charge is 0.354 e. The van der Waals surface area contributed by atoms with Crippen molar-refractivity contribution < 1.29 is 4.79 Å². The molecule has 0 radical (unpaired) electrons. The minimum atomic E-state index is -0.220. The number of amides is 1. The molecule has 5 nitrogen and oxygen atoms in total. The van der Waals surface area contributed by atoms with E-state index in [2.05, 4.69) is 55.4 Å². The summed E-state index contributed by atoms with van der Waals surface area (Å²) < 4.78 is 1.18. The average molecular weight is 361 g/mol. The van der Waals surface area contributed by atoms with Gasteiger partial charge in [0.25, 0.3) is 5.91 Å². The van der Waals surface area contributed by atoms with Crippen molar-refractivity contribution in [3.8, 4) is 0 Å². The molecule has 114 valence electrons. The molecule has 1 aromatic carbocycles.